The highest BCUT2D eigenvalue weighted by molar-refractivity contribution is 5.83. The van der Waals surface area contributed by atoms with Crippen molar-refractivity contribution in [3.8, 4) is 0 Å². The molecule has 6 nitrogen and oxygen atoms in total. The van der Waals surface area contributed by atoms with Gasteiger partial charge in [0, 0.05) is 32.4 Å². The van der Waals surface area contributed by atoms with Crippen LogP contribution < -0.4 is 5.32 Å². The number of anilines is 1. The van der Waals surface area contributed by atoms with Crippen LogP contribution in [-0.2, 0) is 16.0 Å². The van der Waals surface area contributed by atoms with E-state index in [-0.39, 0.29) is 24.5 Å². The third kappa shape index (κ3) is 4.97. The molecule has 1 heterocycles. The summed E-state index contributed by atoms with van der Waals surface area (Å²) in [6, 6.07) is 17.2. The van der Waals surface area contributed by atoms with Gasteiger partial charge in [0.1, 0.15) is 0 Å². The van der Waals surface area contributed by atoms with Crippen molar-refractivity contribution in [3.05, 3.63) is 65.7 Å². The Morgan fingerprint density at radius 3 is 2.64 bits per heavy atom. The summed E-state index contributed by atoms with van der Waals surface area (Å²) < 4.78 is 0. The van der Waals surface area contributed by atoms with Gasteiger partial charge in [0.05, 0.1) is 18.6 Å². The van der Waals surface area contributed by atoms with Crippen molar-refractivity contribution in [3.63, 3.8) is 0 Å². The monoisotopic (exact) mass is 381 g/mol. The average molecular weight is 381 g/mol. The second-order valence-electron chi connectivity index (χ2n) is 7.23. The van der Waals surface area contributed by atoms with Gasteiger partial charge in [0.15, 0.2) is 0 Å². The number of amides is 2. The van der Waals surface area contributed by atoms with Gasteiger partial charge >= 0.3 is 0 Å². The van der Waals surface area contributed by atoms with E-state index in [2.05, 4.69) is 10.2 Å². The summed E-state index contributed by atoms with van der Waals surface area (Å²) in [6.45, 7) is 2.15. The molecule has 1 unspecified atom stereocenters. The fourth-order valence-electron chi connectivity index (χ4n) is 3.69. The van der Waals surface area contributed by atoms with Gasteiger partial charge in [-0.2, -0.15) is 0 Å². The Balaban J connectivity index is 1.77. The molecule has 1 aliphatic rings. The molecular formula is C22H27N3O3. The van der Waals surface area contributed by atoms with E-state index in [4.69, 9.17) is 0 Å². The minimum Gasteiger partial charge on any atom is -0.392 e. The van der Waals surface area contributed by atoms with Crippen molar-refractivity contribution in [2.75, 3.05) is 32.0 Å². The fourth-order valence-corrected chi connectivity index (χ4v) is 3.69. The minimum absolute atomic E-state index is 0.0197. The summed E-state index contributed by atoms with van der Waals surface area (Å²) in [5.41, 5.74) is 2.51. The maximum Gasteiger partial charge on any atom is 0.227 e. The molecule has 6 heteroatoms. The molecule has 28 heavy (non-hydrogen) atoms. The van der Waals surface area contributed by atoms with Gasteiger partial charge in [-0.1, -0.05) is 48.5 Å². The molecule has 2 N–H and O–H groups in total. The quantitative estimate of drug-likeness (QED) is 0.687. The van der Waals surface area contributed by atoms with E-state index in [9.17, 15) is 14.7 Å². The highest BCUT2D eigenvalue weighted by Crippen LogP contribution is 2.24. The first-order chi connectivity index (χ1) is 13.6. The van der Waals surface area contributed by atoms with E-state index in [1.807, 2.05) is 55.6 Å². The summed E-state index contributed by atoms with van der Waals surface area (Å²) in [4.78, 5) is 27.9. The zero-order valence-electron chi connectivity index (χ0n) is 16.1. The van der Waals surface area contributed by atoms with Crippen LogP contribution in [0.5, 0.6) is 0 Å². The van der Waals surface area contributed by atoms with Crippen molar-refractivity contribution in [2.24, 2.45) is 0 Å². The molecule has 2 amide bonds. The molecule has 0 bridgehead atoms. The van der Waals surface area contributed by atoms with Gasteiger partial charge in [0.2, 0.25) is 12.3 Å². The number of carbonyl (C=O) groups is 2. The number of rotatable bonds is 8. The van der Waals surface area contributed by atoms with Crippen molar-refractivity contribution in [1.29, 1.82) is 0 Å². The Kier molecular flexibility index (Phi) is 6.79. The molecule has 0 aromatic heterocycles. The number of likely N-dealkylation sites (tertiary alicyclic amines) is 1. The molecule has 1 fully saturated rings. The van der Waals surface area contributed by atoms with E-state index in [1.54, 1.807) is 11.0 Å². The Morgan fingerprint density at radius 1 is 1.25 bits per heavy atom. The summed E-state index contributed by atoms with van der Waals surface area (Å²) >= 11 is 0. The van der Waals surface area contributed by atoms with E-state index < -0.39 is 0 Å². The molecule has 0 aliphatic carbocycles. The molecule has 3 rings (SSSR count). The van der Waals surface area contributed by atoms with Gasteiger partial charge in [-0.05, 0) is 23.6 Å². The number of aliphatic hydroxyl groups is 1. The molecular weight excluding hydrogens is 354 g/mol. The number of hydrogen-bond acceptors (Lipinski definition) is 4. The van der Waals surface area contributed by atoms with Crippen LogP contribution in [0.2, 0.25) is 0 Å². The summed E-state index contributed by atoms with van der Waals surface area (Å²) in [6.07, 6.45) is 1.31. The smallest absolute Gasteiger partial charge is 0.227 e. The Morgan fingerprint density at radius 2 is 1.96 bits per heavy atom. The lowest BCUT2D eigenvalue weighted by atomic mass is 10.0. The number of aliphatic hydroxyl groups excluding tert-OH is 1. The zero-order chi connectivity index (χ0) is 19.9. The van der Waals surface area contributed by atoms with Crippen molar-refractivity contribution in [2.45, 2.75) is 25.0 Å². The summed E-state index contributed by atoms with van der Waals surface area (Å²) in [5, 5.41) is 12.5. The minimum atomic E-state index is -0.293. The second-order valence-corrected chi connectivity index (χ2v) is 7.23. The number of carbonyl (C=O) groups excluding carboxylic acids is 2. The summed E-state index contributed by atoms with van der Waals surface area (Å²) in [7, 11) is 1.82. The largest absolute Gasteiger partial charge is 0.392 e. The molecule has 2 atom stereocenters. The van der Waals surface area contributed by atoms with Crippen LogP contribution in [0.4, 0.5) is 5.69 Å². The summed E-state index contributed by atoms with van der Waals surface area (Å²) in [5.74, 6) is -0.0197. The predicted octanol–water partition coefficient (Wildman–Crippen LogP) is 2.06. The van der Waals surface area contributed by atoms with Crippen LogP contribution in [0.25, 0.3) is 0 Å². The first-order valence-electron chi connectivity index (χ1n) is 9.57. The number of nitrogens with one attached hydrogen (secondary N) is 1. The van der Waals surface area contributed by atoms with Crippen LogP contribution in [0.15, 0.2) is 54.6 Å². The van der Waals surface area contributed by atoms with Gasteiger partial charge in [0.25, 0.3) is 0 Å². The van der Waals surface area contributed by atoms with Gasteiger partial charge in [-0.15, -0.1) is 0 Å². The van der Waals surface area contributed by atoms with Crippen molar-refractivity contribution >= 4 is 18.0 Å². The highest BCUT2D eigenvalue weighted by Gasteiger charge is 2.28. The molecule has 0 saturated carbocycles. The number of nitrogens with zero attached hydrogens (tertiary/aromatic N) is 2. The maximum atomic E-state index is 13.1. The molecule has 0 radical (unpaired) electrons. The van der Waals surface area contributed by atoms with Crippen LogP contribution in [0.1, 0.15) is 23.6 Å². The standard InChI is InChI=1S/C22H27N3O3/c1-24(22(28)13-18-9-5-6-10-20(18)23-16-26)21(17-7-3-2-4-8-17)15-25-12-11-19(27)14-25/h2-10,16,19,21,27H,11-15H2,1H3,(H,23,26)/t19-,21?/m0/s1. The number of para-hydroxylation sites is 1. The molecule has 2 aromatic rings. The first kappa shape index (κ1) is 20.0. The molecule has 148 valence electrons. The van der Waals surface area contributed by atoms with Crippen LogP contribution in [0.3, 0.4) is 0 Å². The highest BCUT2D eigenvalue weighted by atomic mass is 16.3. The third-order valence-electron chi connectivity index (χ3n) is 5.30. The van der Waals surface area contributed by atoms with Crippen LogP contribution in [0, 0.1) is 0 Å². The maximum absolute atomic E-state index is 13.1. The lowest BCUT2D eigenvalue weighted by molar-refractivity contribution is -0.131. The molecule has 0 spiro atoms. The van der Waals surface area contributed by atoms with Crippen LogP contribution >= 0.6 is 0 Å². The fraction of sp³-hybridized carbons (Fsp3) is 0.364. The van der Waals surface area contributed by atoms with Crippen LogP contribution in [-0.4, -0.2) is 60.0 Å². The Hall–Kier alpha value is -2.70. The van der Waals surface area contributed by atoms with E-state index >= 15 is 0 Å². The molecule has 2 aromatic carbocycles. The van der Waals surface area contributed by atoms with Gasteiger partial charge in [-0.25, -0.2) is 0 Å². The first-order valence-corrected chi connectivity index (χ1v) is 9.57. The third-order valence-corrected chi connectivity index (χ3v) is 5.30. The Labute approximate surface area is 165 Å². The number of benzene rings is 2. The SMILES string of the molecule is CN(C(=O)Cc1ccccc1NC=O)C(CN1CC[C@H](O)C1)c1ccccc1. The normalized spacial score (nSPS) is 17.9. The topological polar surface area (TPSA) is 72.9 Å². The van der Waals surface area contributed by atoms with E-state index in [0.717, 1.165) is 24.1 Å². The van der Waals surface area contributed by atoms with E-state index in [0.29, 0.717) is 25.2 Å². The Bertz CT molecular complexity index is 797. The number of β-amino-alcohol motifs (C(OH)–C–C–N with tert-alkyl or cyclic N) is 1. The second kappa shape index (κ2) is 9.48. The van der Waals surface area contributed by atoms with E-state index in [1.165, 1.54) is 0 Å². The zero-order valence-corrected chi connectivity index (χ0v) is 16.1. The molecule has 1 aliphatic heterocycles. The lowest BCUT2D eigenvalue weighted by Crippen LogP contribution is -2.39. The molecule has 1 saturated heterocycles. The van der Waals surface area contributed by atoms with Crippen molar-refractivity contribution < 1.29 is 14.7 Å². The van der Waals surface area contributed by atoms with Gasteiger partial charge in [-0.3, -0.25) is 14.5 Å². The lowest BCUT2D eigenvalue weighted by Gasteiger charge is -2.32. The predicted molar refractivity (Wildman–Crippen MR) is 109 cm³/mol. The van der Waals surface area contributed by atoms with Crippen molar-refractivity contribution in [1.82, 2.24) is 9.80 Å². The average Bonchev–Trinajstić information content (AvgIpc) is 3.13. The van der Waals surface area contributed by atoms with Gasteiger partial charge < -0.3 is 15.3 Å². The number of hydrogen-bond donors (Lipinski definition) is 2. The number of likely N-dealkylation sites (N-methyl/N-ethyl adjacent to an activating group) is 1.